The molecule has 1 aromatic carbocycles. The molecule has 0 fully saturated rings. The molecule has 5 heteroatoms. The second-order valence-electron chi connectivity index (χ2n) is 5.57. The van der Waals surface area contributed by atoms with E-state index in [1.54, 1.807) is 18.2 Å². The molecule has 0 aliphatic heterocycles. The Morgan fingerprint density at radius 1 is 1.09 bits per heavy atom. The maximum absolute atomic E-state index is 12.2. The number of aromatic hydroxyl groups is 1. The number of nitroso groups, excluding NO2 is 1. The van der Waals surface area contributed by atoms with Crippen LogP contribution in [0.2, 0.25) is 0 Å². The maximum atomic E-state index is 12.2. The van der Waals surface area contributed by atoms with Crippen molar-refractivity contribution in [2.75, 3.05) is 0 Å². The van der Waals surface area contributed by atoms with Crippen molar-refractivity contribution in [1.29, 1.82) is 0 Å². The molecule has 0 aromatic heterocycles. The lowest BCUT2D eigenvalue weighted by atomic mass is 9.93. The van der Waals surface area contributed by atoms with E-state index in [1.807, 2.05) is 6.92 Å². The normalized spacial score (nSPS) is 11.9. The number of carbonyl (C=O) groups is 2. The fourth-order valence-electron chi connectivity index (χ4n) is 2.38. The zero-order valence-corrected chi connectivity index (χ0v) is 13.0. The van der Waals surface area contributed by atoms with Gasteiger partial charge in [0.15, 0.2) is 5.78 Å². The van der Waals surface area contributed by atoms with Crippen LogP contribution in [0.5, 0.6) is 5.75 Å². The Kier molecular flexibility index (Phi) is 8.04. The predicted molar refractivity (Wildman–Crippen MR) is 84.7 cm³/mol. The molecule has 1 amide bonds. The van der Waals surface area contributed by atoms with Crippen LogP contribution >= 0.6 is 0 Å². The Morgan fingerprint density at radius 2 is 1.73 bits per heavy atom. The second-order valence-corrected chi connectivity index (χ2v) is 5.57. The first-order valence-electron chi connectivity index (χ1n) is 7.74. The van der Waals surface area contributed by atoms with E-state index < -0.39 is 5.91 Å². The number of unbranched alkanes of at least 4 members (excludes halogenated alkanes) is 4. The van der Waals surface area contributed by atoms with Gasteiger partial charge in [0.05, 0.1) is 5.56 Å². The van der Waals surface area contributed by atoms with Crippen LogP contribution in [-0.4, -0.2) is 16.8 Å². The van der Waals surface area contributed by atoms with Gasteiger partial charge in [-0.05, 0) is 25.0 Å². The van der Waals surface area contributed by atoms with Gasteiger partial charge in [-0.25, -0.2) is 0 Å². The van der Waals surface area contributed by atoms with E-state index in [1.165, 1.54) is 6.07 Å². The number of hydrogen-bond acceptors (Lipinski definition) is 4. The van der Waals surface area contributed by atoms with Crippen molar-refractivity contribution in [3.8, 4) is 5.75 Å². The van der Waals surface area contributed by atoms with E-state index in [0.717, 1.165) is 32.1 Å². The molecule has 120 valence electrons. The van der Waals surface area contributed by atoms with Crippen LogP contribution in [0.1, 0.15) is 62.2 Å². The molecule has 0 saturated heterocycles. The first-order chi connectivity index (χ1) is 10.6. The molecule has 1 unspecified atom stereocenters. The lowest BCUT2D eigenvalue weighted by Crippen LogP contribution is -2.11. The number of para-hydroxylation sites is 1. The number of phenolic OH excluding ortho intramolecular Hbond substituents is 1. The number of rotatable bonds is 10. The third-order valence-electron chi connectivity index (χ3n) is 3.75. The number of hydrogen-bond donors (Lipinski definition) is 1. The lowest BCUT2D eigenvalue weighted by molar-refractivity contribution is -0.118. The number of phenols is 1. The lowest BCUT2D eigenvalue weighted by Gasteiger charge is -2.11. The van der Waals surface area contributed by atoms with E-state index in [0.29, 0.717) is 12.0 Å². The van der Waals surface area contributed by atoms with Crippen molar-refractivity contribution in [1.82, 2.24) is 0 Å². The first kappa shape index (κ1) is 18.0. The zero-order chi connectivity index (χ0) is 16.4. The SMILES string of the molecule is CC(CCCCCCCC(=O)N=O)C(=O)c1ccccc1O. The molecule has 0 spiro atoms. The largest absolute Gasteiger partial charge is 0.507 e. The molecule has 0 saturated carbocycles. The highest BCUT2D eigenvalue weighted by atomic mass is 16.3. The summed E-state index contributed by atoms with van der Waals surface area (Å²) in [5.74, 6) is -0.690. The minimum absolute atomic E-state index is 0.0271. The maximum Gasteiger partial charge on any atom is 0.286 e. The highest BCUT2D eigenvalue weighted by molar-refractivity contribution is 5.99. The molecule has 1 rings (SSSR count). The first-order valence-corrected chi connectivity index (χ1v) is 7.74. The average molecular weight is 305 g/mol. The van der Waals surface area contributed by atoms with Crippen LogP contribution in [0.4, 0.5) is 0 Å². The molecule has 0 aliphatic carbocycles. The number of Topliss-reactive ketones (excluding diaryl/α,β-unsaturated/α-hetero) is 1. The summed E-state index contributed by atoms with van der Waals surface area (Å²) < 4.78 is 0. The van der Waals surface area contributed by atoms with E-state index in [9.17, 15) is 19.6 Å². The number of ketones is 1. The van der Waals surface area contributed by atoms with Gasteiger partial charge in [-0.1, -0.05) is 44.7 Å². The van der Waals surface area contributed by atoms with Gasteiger partial charge >= 0.3 is 0 Å². The molecule has 1 atom stereocenters. The van der Waals surface area contributed by atoms with Gasteiger partial charge in [0.25, 0.3) is 5.91 Å². The van der Waals surface area contributed by atoms with Crippen molar-refractivity contribution >= 4 is 11.7 Å². The Bertz CT molecular complexity index is 513. The summed E-state index contributed by atoms with van der Waals surface area (Å²) in [6, 6.07) is 6.61. The molecular weight excluding hydrogens is 282 g/mol. The van der Waals surface area contributed by atoms with Crippen LogP contribution in [-0.2, 0) is 4.79 Å². The van der Waals surface area contributed by atoms with E-state index in [-0.39, 0.29) is 23.9 Å². The summed E-state index contributed by atoms with van der Waals surface area (Å²) >= 11 is 0. The highest BCUT2D eigenvalue weighted by Gasteiger charge is 2.17. The number of carbonyl (C=O) groups excluding carboxylic acids is 2. The van der Waals surface area contributed by atoms with Crippen molar-refractivity contribution in [3.05, 3.63) is 34.7 Å². The van der Waals surface area contributed by atoms with E-state index >= 15 is 0 Å². The number of nitrogens with zero attached hydrogens (tertiary/aromatic N) is 1. The molecule has 1 aromatic rings. The zero-order valence-electron chi connectivity index (χ0n) is 13.0. The van der Waals surface area contributed by atoms with Crippen molar-refractivity contribution < 1.29 is 14.7 Å². The number of benzene rings is 1. The minimum Gasteiger partial charge on any atom is -0.507 e. The van der Waals surface area contributed by atoms with E-state index in [4.69, 9.17) is 0 Å². The van der Waals surface area contributed by atoms with Crippen molar-refractivity contribution in [2.24, 2.45) is 11.1 Å². The van der Waals surface area contributed by atoms with Gasteiger partial charge in [-0.2, -0.15) is 0 Å². The van der Waals surface area contributed by atoms with Crippen LogP contribution in [0, 0.1) is 10.8 Å². The molecule has 0 heterocycles. The van der Waals surface area contributed by atoms with Gasteiger partial charge in [-0.15, -0.1) is 4.91 Å². The molecule has 0 aliphatic rings. The highest BCUT2D eigenvalue weighted by Crippen LogP contribution is 2.22. The van der Waals surface area contributed by atoms with Gasteiger partial charge in [0.2, 0.25) is 0 Å². The van der Waals surface area contributed by atoms with Gasteiger partial charge in [0.1, 0.15) is 5.75 Å². The molecule has 1 N–H and O–H groups in total. The predicted octanol–water partition coefficient (Wildman–Crippen LogP) is 4.23. The Hall–Kier alpha value is -2.04. The molecule has 22 heavy (non-hydrogen) atoms. The number of amides is 1. The summed E-state index contributed by atoms with van der Waals surface area (Å²) in [5.41, 5.74) is 0.384. The minimum atomic E-state index is -0.582. The smallest absolute Gasteiger partial charge is 0.286 e. The molecule has 5 nitrogen and oxygen atoms in total. The van der Waals surface area contributed by atoms with Crippen LogP contribution in [0.15, 0.2) is 29.4 Å². The summed E-state index contributed by atoms with van der Waals surface area (Å²) in [6.45, 7) is 1.88. The average Bonchev–Trinajstić information content (AvgIpc) is 2.53. The van der Waals surface area contributed by atoms with Crippen LogP contribution in [0.25, 0.3) is 0 Å². The summed E-state index contributed by atoms with van der Waals surface area (Å²) in [7, 11) is 0. The standard InChI is InChI=1S/C17H23NO4/c1-13(17(21)14-10-7-8-11-15(14)19)9-5-3-2-4-6-12-16(20)18-22/h7-8,10-11,13,19H,2-6,9,12H2,1H3. The summed E-state index contributed by atoms with van der Waals surface area (Å²) in [6.07, 6.45) is 5.48. The van der Waals surface area contributed by atoms with Gasteiger partial charge in [-0.3, -0.25) is 9.59 Å². The van der Waals surface area contributed by atoms with E-state index in [2.05, 4.69) is 5.18 Å². The fourth-order valence-corrected chi connectivity index (χ4v) is 2.38. The second kappa shape index (κ2) is 9.82. The third kappa shape index (κ3) is 6.16. The monoisotopic (exact) mass is 305 g/mol. The fraction of sp³-hybridized carbons (Fsp3) is 0.529. The van der Waals surface area contributed by atoms with Crippen LogP contribution < -0.4 is 0 Å². The van der Waals surface area contributed by atoms with Gasteiger partial charge in [0, 0.05) is 17.5 Å². The van der Waals surface area contributed by atoms with Gasteiger partial charge < -0.3 is 5.11 Å². The van der Waals surface area contributed by atoms with Crippen molar-refractivity contribution in [2.45, 2.75) is 51.9 Å². The topological polar surface area (TPSA) is 83.8 Å². The van der Waals surface area contributed by atoms with Crippen LogP contribution in [0.3, 0.4) is 0 Å². The Balaban J connectivity index is 2.19. The summed E-state index contributed by atoms with van der Waals surface area (Å²) in [5, 5.41) is 12.0. The molecule has 0 radical (unpaired) electrons. The molecular formula is C17H23NO4. The Labute approximate surface area is 130 Å². The van der Waals surface area contributed by atoms with Crippen molar-refractivity contribution in [3.63, 3.8) is 0 Å². The third-order valence-corrected chi connectivity index (χ3v) is 3.75. The quantitative estimate of drug-likeness (QED) is 0.398. The summed E-state index contributed by atoms with van der Waals surface area (Å²) in [4.78, 5) is 32.8. The Morgan fingerprint density at radius 3 is 2.41 bits per heavy atom. The molecule has 0 bridgehead atoms.